The van der Waals surface area contributed by atoms with Gasteiger partial charge in [-0.15, -0.1) is 0 Å². The van der Waals surface area contributed by atoms with Crippen LogP contribution in [0.25, 0.3) is 11.0 Å². The fraction of sp³-hybridized carbons (Fsp3) is 0.606. The van der Waals surface area contributed by atoms with Crippen molar-refractivity contribution in [1.82, 2.24) is 19.4 Å². The Balaban J connectivity index is 1.47. The van der Waals surface area contributed by atoms with Crippen LogP contribution in [0, 0.1) is 11.7 Å². The monoisotopic (exact) mass is 648 g/mol. The summed E-state index contributed by atoms with van der Waals surface area (Å²) >= 11 is 0. The Morgan fingerprint density at radius 3 is 2.44 bits per heavy atom. The molecule has 6 heterocycles. The predicted molar refractivity (Wildman–Crippen MR) is 169 cm³/mol. The lowest BCUT2D eigenvalue weighted by Crippen LogP contribution is -2.36. The minimum Gasteiger partial charge on any atom is -0.363 e. The van der Waals surface area contributed by atoms with E-state index in [1.807, 2.05) is 0 Å². The summed E-state index contributed by atoms with van der Waals surface area (Å²) in [6, 6.07) is 3.30. The Labute approximate surface area is 266 Å². The lowest BCUT2D eigenvalue weighted by molar-refractivity contribution is -0.0401. The number of hydrogen-bond acceptors (Lipinski definition) is 7. The Hall–Kier alpha value is -2.99. The number of nitrogens with one attached hydrogen (secondary N) is 1. The highest BCUT2D eigenvalue weighted by molar-refractivity contribution is 7.91. The number of rotatable bonds is 1. The number of alkyl halides is 2. The molecule has 0 radical (unpaired) electrons. The average molecular weight is 649 g/mol. The molecular weight excluding hydrogens is 603 g/mol. The minimum atomic E-state index is -3.51. The van der Waals surface area contributed by atoms with Gasteiger partial charge in [0.15, 0.2) is 0 Å². The van der Waals surface area contributed by atoms with E-state index >= 15 is 13.2 Å². The van der Waals surface area contributed by atoms with Gasteiger partial charge in [0.2, 0.25) is 0 Å². The second kappa shape index (κ2) is 13.0. The van der Waals surface area contributed by atoms with Crippen molar-refractivity contribution in [3.63, 3.8) is 0 Å². The number of aromatic nitrogens is 3. The zero-order valence-electron chi connectivity index (χ0n) is 28.3. The van der Waals surface area contributed by atoms with E-state index in [1.165, 1.54) is 18.5 Å². The molecule has 0 saturated carbocycles. The van der Waals surface area contributed by atoms with Crippen molar-refractivity contribution in [2.24, 2.45) is 5.92 Å². The Kier molecular flexibility index (Phi) is 8.17. The van der Waals surface area contributed by atoms with Gasteiger partial charge in [-0.2, -0.15) is 0 Å². The molecule has 2 saturated heterocycles. The van der Waals surface area contributed by atoms with Gasteiger partial charge in [-0.1, -0.05) is 31.0 Å². The number of pyridine rings is 1. The summed E-state index contributed by atoms with van der Waals surface area (Å²) in [7, 11) is -3.21. The zero-order chi connectivity index (χ0) is 34.3. The van der Waals surface area contributed by atoms with Crippen molar-refractivity contribution in [3.05, 3.63) is 63.5 Å². The quantitative estimate of drug-likeness (QED) is 0.338. The van der Waals surface area contributed by atoms with E-state index < -0.39 is 52.0 Å². The predicted octanol–water partition coefficient (Wildman–Crippen LogP) is 6.16. The first-order valence-electron chi connectivity index (χ1n) is 17.5. The molecular formula is C33H42F3N5O3S. The first-order valence-corrected chi connectivity index (χ1v) is 17.8. The van der Waals surface area contributed by atoms with Crippen molar-refractivity contribution in [3.8, 4) is 0 Å². The number of aryl methyl sites for hydroxylation is 1. The van der Waals surface area contributed by atoms with Crippen LogP contribution in [0.1, 0.15) is 97.4 Å². The van der Waals surface area contributed by atoms with Crippen LogP contribution < -0.4 is 10.9 Å². The van der Waals surface area contributed by atoms with Crippen molar-refractivity contribution < 1.29 is 25.7 Å². The third-order valence-electron chi connectivity index (χ3n) is 9.78. The Morgan fingerprint density at radius 1 is 0.978 bits per heavy atom. The van der Waals surface area contributed by atoms with Crippen LogP contribution in [0.4, 0.5) is 19.0 Å². The maximum absolute atomic E-state index is 16.2. The SMILES string of the molecule is [2H]C([2H])([2H])[C@H]1Nc2ncnc3c2cc(C2CCS(=O)(=O)CC2)c(=O)n3CCCCCCN2CCC(CC2)CC(F)(F)c2cccc1c2F. The van der Waals surface area contributed by atoms with Gasteiger partial charge in [0, 0.05) is 28.2 Å². The van der Waals surface area contributed by atoms with E-state index in [1.54, 1.807) is 10.6 Å². The summed E-state index contributed by atoms with van der Waals surface area (Å²) < 4.78 is 98.6. The molecule has 0 amide bonds. The minimum absolute atomic E-state index is 0.00746. The molecule has 1 atom stereocenters. The number of halogens is 3. The normalized spacial score (nSPS) is 27.5. The number of fused-ring (bicyclic) bond motifs is 9. The van der Waals surface area contributed by atoms with E-state index in [4.69, 9.17) is 4.11 Å². The summed E-state index contributed by atoms with van der Waals surface area (Å²) in [6.07, 6.45) is 5.71. The molecule has 1 N–H and O–H groups in total. The molecule has 8 nitrogen and oxygen atoms in total. The number of nitrogens with zero attached hydrogens (tertiary/aromatic N) is 4. The topological polar surface area (TPSA) is 97.2 Å². The first kappa shape index (κ1) is 28.3. The highest BCUT2D eigenvalue weighted by Crippen LogP contribution is 2.41. The van der Waals surface area contributed by atoms with Gasteiger partial charge in [-0.05, 0) is 82.9 Å². The molecule has 4 aliphatic heterocycles. The van der Waals surface area contributed by atoms with Crippen LogP contribution in [0.15, 0.2) is 35.4 Å². The lowest BCUT2D eigenvalue weighted by Gasteiger charge is -2.34. The molecule has 0 aliphatic carbocycles. The van der Waals surface area contributed by atoms with Crippen molar-refractivity contribution >= 4 is 26.7 Å². The van der Waals surface area contributed by atoms with E-state index in [0.29, 0.717) is 49.8 Å². The third kappa shape index (κ3) is 6.91. The maximum atomic E-state index is 16.2. The van der Waals surface area contributed by atoms with Crippen LogP contribution in [0.5, 0.6) is 0 Å². The standard InChI is InChI=1S/C33H42F3N5O3S/c1-22-25-7-6-8-28(29(25)34)33(35,36)20-23-9-15-40(16-10-23)13-4-2-3-5-14-41-31-27(30(39-22)37-21-38-31)19-26(32(41)42)24-11-17-45(43,44)18-12-24/h6-8,19,21-24H,2-5,9-18,20H2,1H3,(H,37,38,39)/t22-/m1/s1/i1D3. The van der Waals surface area contributed by atoms with Gasteiger partial charge in [0.05, 0.1) is 28.5 Å². The number of hydrogen-bond donors (Lipinski definition) is 1. The second-order valence-electron chi connectivity index (χ2n) is 12.8. The van der Waals surface area contributed by atoms with Crippen LogP contribution in [-0.4, -0.2) is 59.0 Å². The largest absolute Gasteiger partial charge is 0.363 e. The zero-order valence-corrected chi connectivity index (χ0v) is 26.1. The van der Waals surface area contributed by atoms with Gasteiger partial charge in [-0.25, -0.2) is 31.6 Å². The number of piperidine rings is 1. The molecule has 1 aromatic carbocycles. The average Bonchev–Trinajstić information content (AvgIpc) is 3.02. The van der Waals surface area contributed by atoms with Gasteiger partial charge in [0.1, 0.15) is 33.4 Å². The molecule has 12 heteroatoms. The number of anilines is 1. The molecule has 4 aliphatic rings. The smallest absolute Gasteiger partial charge is 0.276 e. The van der Waals surface area contributed by atoms with Gasteiger partial charge in [0.25, 0.3) is 11.5 Å². The molecule has 45 heavy (non-hydrogen) atoms. The van der Waals surface area contributed by atoms with Crippen LogP contribution in [0.2, 0.25) is 0 Å². The Bertz CT molecular complexity index is 1800. The third-order valence-corrected chi connectivity index (χ3v) is 11.5. The van der Waals surface area contributed by atoms with Crippen LogP contribution >= 0.6 is 0 Å². The molecule has 8 bridgehead atoms. The lowest BCUT2D eigenvalue weighted by atomic mass is 9.87. The van der Waals surface area contributed by atoms with Crippen molar-refractivity contribution in [2.75, 3.05) is 36.5 Å². The molecule has 2 aromatic heterocycles. The molecule has 244 valence electrons. The molecule has 7 rings (SSSR count). The van der Waals surface area contributed by atoms with E-state index in [-0.39, 0.29) is 53.2 Å². The summed E-state index contributed by atoms with van der Waals surface area (Å²) in [4.78, 5) is 25.0. The van der Waals surface area contributed by atoms with Crippen molar-refractivity contribution in [1.29, 1.82) is 0 Å². The maximum Gasteiger partial charge on any atom is 0.276 e. The summed E-state index contributed by atoms with van der Waals surface area (Å²) in [5, 5.41) is 3.15. The second-order valence-corrected chi connectivity index (χ2v) is 15.1. The van der Waals surface area contributed by atoms with Crippen LogP contribution in [-0.2, 0) is 22.3 Å². The fourth-order valence-electron chi connectivity index (χ4n) is 7.13. The molecule has 0 spiro atoms. The van der Waals surface area contributed by atoms with E-state index in [2.05, 4.69) is 20.2 Å². The van der Waals surface area contributed by atoms with Gasteiger partial charge < -0.3 is 10.2 Å². The number of sulfone groups is 1. The highest BCUT2D eigenvalue weighted by Gasteiger charge is 2.39. The first-order chi connectivity index (χ1) is 22.7. The van der Waals surface area contributed by atoms with E-state index in [9.17, 15) is 13.2 Å². The van der Waals surface area contributed by atoms with Gasteiger partial charge in [-0.3, -0.25) is 9.36 Å². The summed E-state index contributed by atoms with van der Waals surface area (Å²) in [5.41, 5.74) is -0.920. The van der Waals surface area contributed by atoms with Crippen molar-refractivity contribution in [2.45, 2.75) is 89.1 Å². The number of benzene rings is 1. The molecule has 2 fully saturated rings. The van der Waals surface area contributed by atoms with Gasteiger partial charge >= 0.3 is 0 Å². The summed E-state index contributed by atoms with van der Waals surface area (Å²) in [6.45, 7) is -0.328. The Morgan fingerprint density at radius 2 is 1.71 bits per heavy atom. The fourth-order valence-corrected chi connectivity index (χ4v) is 8.63. The molecule has 3 aromatic rings. The van der Waals surface area contributed by atoms with Crippen LogP contribution in [0.3, 0.4) is 0 Å². The van der Waals surface area contributed by atoms with E-state index in [0.717, 1.165) is 31.9 Å². The highest BCUT2D eigenvalue weighted by atomic mass is 32.2. The summed E-state index contributed by atoms with van der Waals surface area (Å²) in [5.74, 6) is -5.52. The molecule has 0 unspecified atom stereocenters.